The molecule has 0 fully saturated rings. The van der Waals surface area contributed by atoms with Crippen molar-refractivity contribution in [2.24, 2.45) is 22.9 Å². The van der Waals surface area contributed by atoms with Crippen LogP contribution in [0.5, 0.6) is 11.5 Å². The number of carbonyl (C=O) groups is 10. The Kier molecular flexibility index (Phi) is 23.5. The van der Waals surface area contributed by atoms with Crippen LogP contribution in [0, 0.1) is 7.14 Å². The second-order valence-electron chi connectivity index (χ2n) is 14.3. The van der Waals surface area contributed by atoms with E-state index in [2.05, 4.69) is 10.6 Å². The first kappa shape index (κ1) is 57.3. The zero-order chi connectivity index (χ0) is 50.1. The van der Waals surface area contributed by atoms with Gasteiger partial charge in [-0.25, -0.2) is 0 Å². The summed E-state index contributed by atoms with van der Waals surface area (Å²) in [4.78, 5) is 131. The van der Waals surface area contributed by atoms with Gasteiger partial charge in [0.1, 0.15) is 42.7 Å². The third-order valence-corrected chi connectivity index (χ3v) is 13.4. The van der Waals surface area contributed by atoms with Crippen LogP contribution < -0.4 is 38.9 Å². The molecular formula is C38H48I2N8O16S2. The highest BCUT2D eigenvalue weighted by Gasteiger charge is 2.57. The number of carbonyl (C=O) groups excluding carboxylic acids is 6. The van der Waals surface area contributed by atoms with Crippen LogP contribution in [0.25, 0.3) is 0 Å². The summed E-state index contributed by atoms with van der Waals surface area (Å²) in [5.41, 5.74) is 21.6. The first-order valence-corrected chi connectivity index (χ1v) is 23.8. The Morgan fingerprint density at radius 2 is 1.15 bits per heavy atom. The fourth-order valence-corrected chi connectivity index (χ4v) is 9.51. The van der Waals surface area contributed by atoms with Crippen molar-refractivity contribution in [3.05, 3.63) is 54.7 Å². The summed E-state index contributed by atoms with van der Waals surface area (Å²) in [7, 11) is 1.16. The Balaban J connectivity index is 2.84. The number of aliphatic carboxylic acids is 4. The molecule has 2 aromatic carbocycles. The van der Waals surface area contributed by atoms with Gasteiger partial charge in [-0.2, -0.15) is 0 Å². The highest BCUT2D eigenvalue weighted by molar-refractivity contribution is 14.1. The van der Waals surface area contributed by atoms with Gasteiger partial charge >= 0.3 is 23.9 Å². The lowest BCUT2D eigenvalue weighted by atomic mass is 9.84. The molecule has 0 aliphatic carbocycles. The van der Waals surface area contributed by atoms with Crippen molar-refractivity contribution in [3.63, 3.8) is 0 Å². The smallest absolute Gasteiger partial charge is 0.322 e. The Labute approximate surface area is 410 Å². The number of halogens is 2. The number of aromatic hydroxyl groups is 2. The predicted molar refractivity (Wildman–Crippen MR) is 252 cm³/mol. The van der Waals surface area contributed by atoms with Crippen molar-refractivity contribution in [2.45, 2.75) is 74.3 Å². The summed E-state index contributed by atoms with van der Waals surface area (Å²) in [6.45, 7) is -2.08. The number of phenols is 2. The molecule has 24 nitrogen and oxygen atoms in total. The first-order chi connectivity index (χ1) is 30.8. The number of hydrogen-bond acceptors (Lipinski definition) is 18. The Hall–Kier alpha value is -4.86. The molecule has 0 radical (unpaired) electrons. The van der Waals surface area contributed by atoms with Gasteiger partial charge < -0.3 is 69.5 Å². The van der Waals surface area contributed by atoms with Crippen LogP contribution in [0.1, 0.15) is 36.8 Å². The molecule has 0 heterocycles. The third-order valence-electron chi connectivity index (χ3n) is 9.26. The second-order valence-corrected chi connectivity index (χ2v) is 19.1. The predicted octanol–water partition coefficient (Wildman–Crippen LogP) is -1.94. The molecule has 66 heavy (non-hydrogen) atoms. The molecule has 0 aliphatic rings. The molecule has 6 atom stereocenters. The van der Waals surface area contributed by atoms with Gasteiger partial charge in [0.05, 0.1) is 19.2 Å². The maximum Gasteiger partial charge on any atom is 0.322 e. The SMILES string of the molecule is N[C@@H](CCC(=O)N[C@@H](CSSC[C@](C(=O)NCC(=O)O)(C(=O)[C@@H](N)Cc1ccc(O)c(I)c1)N(C(=O)CC[C@H](N)C(=O)O)C(=O)[C@@H](N)Cc1ccc(O)c(I)c1)C(=O)NCC(=O)O)C(=O)O. The lowest BCUT2D eigenvalue weighted by molar-refractivity contribution is -0.164. The van der Waals surface area contributed by atoms with Gasteiger partial charge in [-0.15, -0.1) is 0 Å². The topological polar surface area (TPSA) is 435 Å². The average molecular weight is 1190 g/mol. The molecule has 2 rings (SSSR count). The van der Waals surface area contributed by atoms with Gasteiger partial charge in [0.15, 0.2) is 11.3 Å². The fourth-order valence-electron chi connectivity index (χ4n) is 5.77. The van der Waals surface area contributed by atoms with Gasteiger partial charge in [-0.05, 0) is 106 Å². The number of rotatable bonds is 28. The third kappa shape index (κ3) is 17.4. The molecule has 5 amide bonds. The van der Waals surface area contributed by atoms with Crippen molar-refractivity contribution < 1.29 is 78.6 Å². The van der Waals surface area contributed by atoms with E-state index in [1.807, 2.05) is 5.32 Å². The van der Waals surface area contributed by atoms with Crippen molar-refractivity contribution in [1.82, 2.24) is 20.9 Å². The maximum absolute atomic E-state index is 15.1. The zero-order valence-corrected chi connectivity index (χ0v) is 40.5. The van der Waals surface area contributed by atoms with E-state index in [4.69, 9.17) is 33.1 Å². The lowest BCUT2D eigenvalue weighted by Crippen LogP contribution is -2.73. The summed E-state index contributed by atoms with van der Waals surface area (Å²) in [6.07, 6.45) is -3.23. The largest absolute Gasteiger partial charge is 0.507 e. The average Bonchev–Trinajstić information content (AvgIpc) is 3.25. The number of nitrogens with zero attached hydrogens (tertiary/aromatic N) is 1. The second kappa shape index (κ2) is 27.1. The number of amides is 5. The number of ketones is 1. The number of imide groups is 1. The molecule has 28 heteroatoms. The van der Waals surface area contributed by atoms with Crippen molar-refractivity contribution in [2.75, 3.05) is 24.6 Å². The highest BCUT2D eigenvalue weighted by Crippen LogP contribution is 2.34. The number of hydrogen-bond donors (Lipinski definition) is 13. The van der Waals surface area contributed by atoms with Gasteiger partial charge in [0.2, 0.25) is 23.6 Å². The van der Waals surface area contributed by atoms with Crippen LogP contribution in [-0.2, 0) is 60.8 Å². The molecule has 0 bridgehead atoms. The van der Waals surface area contributed by atoms with Crippen LogP contribution in [0.2, 0.25) is 0 Å². The molecule has 0 saturated heterocycles. The fraction of sp³-hybridized carbons (Fsp3) is 0.421. The number of benzene rings is 2. The number of nitrogens with two attached hydrogens (primary N) is 4. The van der Waals surface area contributed by atoms with Crippen LogP contribution in [0.4, 0.5) is 0 Å². The summed E-state index contributed by atoms with van der Waals surface area (Å²) < 4.78 is 0.647. The normalized spacial score (nSPS) is 14.2. The monoisotopic (exact) mass is 1190 g/mol. The van der Waals surface area contributed by atoms with E-state index in [1.54, 1.807) is 45.2 Å². The van der Waals surface area contributed by atoms with E-state index in [9.17, 15) is 63.6 Å². The summed E-state index contributed by atoms with van der Waals surface area (Å²) in [6, 6.07) is -0.0834. The summed E-state index contributed by atoms with van der Waals surface area (Å²) >= 11 is 3.58. The number of carboxylic acid groups (broad SMARTS) is 4. The Bertz CT molecular complexity index is 2170. The van der Waals surface area contributed by atoms with Crippen LogP contribution in [0.3, 0.4) is 0 Å². The van der Waals surface area contributed by atoms with Crippen molar-refractivity contribution in [1.29, 1.82) is 0 Å². The molecule has 0 aliphatic heterocycles. The van der Waals surface area contributed by atoms with E-state index in [0.29, 0.717) is 39.9 Å². The Morgan fingerprint density at radius 1 is 0.667 bits per heavy atom. The zero-order valence-electron chi connectivity index (χ0n) is 34.5. The number of phenolic OH excluding ortho intramolecular Hbond substituents is 2. The molecule has 0 spiro atoms. The minimum atomic E-state index is -3.14. The van der Waals surface area contributed by atoms with Gasteiger partial charge in [0.25, 0.3) is 5.91 Å². The molecule has 2 aromatic rings. The lowest BCUT2D eigenvalue weighted by Gasteiger charge is -2.42. The first-order valence-electron chi connectivity index (χ1n) is 19.2. The number of carboxylic acids is 4. The van der Waals surface area contributed by atoms with Crippen molar-refractivity contribution in [3.8, 4) is 11.5 Å². The Morgan fingerprint density at radius 3 is 1.64 bits per heavy atom. The summed E-state index contributed by atoms with van der Waals surface area (Å²) in [5, 5.41) is 63.9. The van der Waals surface area contributed by atoms with E-state index < -0.39 is 152 Å². The highest BCUT2D eigenvalue weighted by atomic mass is 127. The van der Waals surface area contributed by atoms with E-state index >= 15 is 4.79 Å². The van der Waals surface area contributed by atoms with Gasteiger partial charge in [-0.1, -0.05) is 33.7 Å². The van der Waals surface area contributed by atoms with Crippen LogP contribution >= 0.6 is 66.8 Å². The molecule has 17 N–H and O–H groups in total. The van der Waals surface area contributed by atoms with Gasteiger partial charge in [-0.3, -0.25) is 52.8 Å². The maximum atomic E-state index is 15.1. The van der Waals surface area contributed by atoms with E-state index in [0.717, 1.165) is 0 Å². The molecular weight excluding hydrogens is 1140 g/mol. The van der Waals surface area contributed by atoms with Crippen molar-refractivity contribution >= 4 is 126 Å². The van der Waals surface area contributed by atoms with E-state index in [1.165, 1.54) is 36.4 Å². The molecule has 0 aromatic heterocycles. The molecule has 0 saturated carbocycles. The number of nitrogens with one attached hydrogen (secondary N) is 3. The molecule has 362 valence electrons. The standard InChI is InChI=1S/C38H48I2N8O16S2/c39-19-9-17(1-5-26(19)49)11-23(43)32(57)38(37(64)46-14-31(55)56,16-66-65-15-25(33(58)45-13-30(53)54)47-28(51)7-3-21(41)35(60)61)48(29(52)8-4-22(42)36(62)63)34(59)24(44)12-18-2-6-27(50)20(40)10-18/h1-2,5-6,9-10,21-25,49-50H,3-4,7-8,11-16,41-44H2,(H,45,58)(H,46,64)(H,47,51)(H,53,54)(H,55,56)(H,60,61)(H,62,63)/t21-,22-,23-,24-,25-,38+/m0/s1. The number of Topliss-reactive ketones (excluding diaryl/α,β-unsaturated/α-hetero) is 1. The minimum absolute atomic E-state index is 0.124. The summed E-state index contributed by atoms with van der Waals surface area (Å²) in [5.74, 6) is -15.5. The molecule has 0 unspecified atom stereocenters. The van der Waals surface area contributed by atoms with Crippen LogP contribution in [0.15, 0.2) is 36.4 Å². The van der Waals surface area contributed by atoms with Gasteiger partial charge in [0, 0.05) is 24.3 Å². The quantitative estimate of drug-likeness (QED) is 0.0191. The minimum Gasteiger partial charge on any atom is -0.507 e. The van der Waals surface area contributed by atoms with E-state index in [-0.39, 0.29) is 22.8 Å². The van der Waals surface area contributed by atoms with Crippen LogP contribution in [-0.4, -0.2) is 155 Å².